The van der Waals surface area contributed by atoms with Crippen LogP contribution in [0.25, 0.3) is 0 Å². The summed E-state index contributed by atoms with van der Waals surface area (Å²) >= 11 is 8.94. The van der Waals surface area contributed by atoms with Crippen LogP contribution < -0.4 is 15.6 Å². The first kappa shape index (κ1) is 18.7. The largest absolute Gasteiger partial charge is 0.496 e. The van der Waals surface area contributed by atoms with Crippen molar-refractivity contribution in [2.45, 2.75) is 0 Å². The van der Waals surface area contributed by atoms with E-state index in [1.165, 1.54) is 31.4 Å². The molecular weight excluding hydrogens is 418 g/mol. The van der Waals surface area contributed by atoms with E-state index in [2.05, 4.69) is 26.8 Å². The lowest BCUT2D eigenvalue weighted by atomic mass is 10.2. The number of carbonyl (C=O) groups excluding carboxylic acids is 2. The van der Waals surface area contributed by atoms with Crippen LogP contribution in [0.1, 0.15) is 20.7 Å². The summed E-state index contributed by atoms with van der Waals surface area (Å²) < 4.78 is 5.63. The van der Waals surface area contributed by atoms with E-state index < -0.39 is 22.4 Å². The van der Waals surface area contributed by atoms with Crippen molar-refractivity contribution >= 4 is 45.0 Å². The summed E-state index contributed by atoms with van der Waals surface area (Å²) in [6.45, 7) is 0. The zero-order valence-corrected chi connectivity index (χ0v) is 15.1. The minimum atomic E-state index is -0.722. The first-order valence-electron chi connectivity index (χ1n) is 6.71. The molecule has 0 spiro atoms. The molecular formula is C15H11BrClN3O5. The van der Waals surface area contributed by atoms with Crippen LogP contribution in [-0.4, -0.2) is 23.8 Å². The van der Waals surface area contributed by atoms with Gasteiger partial charge in [0.1, 0.15) is 10.8 Å². The summed E-state index contributed by atoms with van der Waals surface area (Å²) in [5.74, 6) is -0.741. The predicted octanol–water partition coefficient (Wildman–Crippen LogP) is 3.09. The Morgan fingerprint density at radius 2 is 1.68 bits per heavy atom. The number of methoxy groups -OCH3 is 1. The lowest BCUT2D eigenvalue weighted by Crippen LogP contribution is -2.41. The molecule has 2 N–H and O–H groups in total. The summed E-state index contributed by atoms with van der Waals surface area (Å²) in [7, 11) is 1.49. The topological polar surface area (TPSA) is 111 Å². The third-order valence-corrected chi connectivity index (χ3v) is 4.05. The molecule has 0 aliphatic rings. The van der Waals surface area contributed by atoms with E-state index in [0.29, 0.717) is 10.2 Å². The fourth-order valence-electron chi connectivity index (χ4n) is 1.86. The molecule has 0 unspecified atom stereocenters. The number of nitro benzene ring substituents is 1. The number of nitro groups is 1. The van der Waals surface area contributed by atoms with E-state index >= 15 is 0 Å². The Bertz CT molecular complexity index is 859. The molecule has 0 fully saturated rings. The molecule has 2 aromatic carbocycles. The van der Waals surface area contributed by atoms with Crippen LogP contribution in [0.15, 0.2) is 40.9 Å². The van der Waals surface area contributed by atoms with Gasteiger partial charge in [-0.3, -0.25) is 30.6 Å². The molecule has 0 bridgehead atoms. The van der Waals surface area contributed by atoms with Gasteiger partial charge in [0.05, 0.1) is 16.5 Å². The summed E-state index contributed by atoms with van der Waals surface area (Å²) in [4.78, 5) is 34.2. The first-order valence-corrected chi connectivity index (χ1v) is 7.88. The van der Waals surface area contributed by atoms with Gasteiger partial charge in [-0.15, -0.1) is 0 Å². The maximum absolute atomic E-state index is 12.0. The molecule has 25 heavy (non-hydrogen) atoms. The van der Waals surface area contributed by atoms with E-state index in [0.717, 1.165) is 6.07 Å². The molecule has 10 heteroatoms. The number of nitrogens with one attached hydrogen (secondary N) is 2. The fraction of sp³-hybridized carbons (Fsp3) is 0.0667. The Hall–Kier alpha value is -2.65. The number of halogens is 2. The molecule has 8 nitrogen and oxygen atoms in total. The zero-order chi connectivity index (χ0) is 18.6. The number of ether oxygens (including phenoxy) is 1. The monoisotopic (exact) mass is 427 g/mol. The lowest BCUT2D eigenvalue weighted by Gasteiger charge is -2.09. The molecule has 2 rings (SSSR count). The molecule has 0 saturated heterocycles. The standard InChI is InChI=1S/C15H11BrClN3O5/c1-25-13-5-3-8(6-10(13)16)14(21)18-19-15(22)9-2-4-11(17)12(7-9)20(23)24/h2-7H,1H3,(H,18,21)(H,19,22). The minimum absolute atomic E-state index is 0.0210. The van der Waals surface area contributed by atoms with Crippen LogP contribution in [0.5, 0.6) is 5.75 Å². The van der Waals surface area contributed by atoms with Gasteiger partial charge in [0, 0.05) is 17.2 Å². The average molecular weight is 429 g/mol. The maximum atomic E-state index is 12.0. The van der Waals surface area contributed by atoms with Crippen molar-refractivity contribution in [3.05, 3.63) is 67.1 Å². The molecule has 2 amide bonds. The molecule has 0 aromatic heterocycles. The van der Waals surface area contributed by atoms with Gasteiger partial charge in [0.2, 0.25) is 0 Å². The number of hydrazine groups is 1. The van der Waals surface area contributed by atoms with Gasteiger partial charge in [-0.25, -0.2) is 0 Å². The maximum Gasteiger partial charge on any atom is 0.288 e. The van der Waals surface area contributed by atoms with Crippen LogP contribution >= 0.6 is 27.5 Å². The van der Waals surface area contributed by atoms with Crippen molar-refractivity contribution in [1.82, 2.24) is 10.9 Å². The third kappa shape index (κ3) is 4.46. The van der Waals surface area contributed by atoms with Gasteiger partial charge in [-0.2, -0.15) is 0 Å². The SMILES string of the molecule is COc1ccc(C(=O)NNC(=O)c2ccc(Cl)c([N+](=O)[O-])c2)cc1Br. The Morgan fingerprint density at radius 1 is 1.12 bits per heavy atom. The second-order valence-corrected chi connectivity index (χ2v) is 5.94. The Labute approximate surface area is 155 Å². The number of benzene rings is 2. The number of hydrogen-bond donors (Lipinski definition) is 2. The molecule has 0 aliphatic carbocycles. The highest BCUT2D eigenvalue weighted by Gasteiger charge is 2.17. The van der Waals surface area contributed by atoms with E-state index in [1.54, 1.807) is 6.07 Å². The molecule has 130 valence electrons. The smallest absolute Gasteiger partial charge is 0.288 e. The second-order valence-electron chi connectivity index (χ2n) is 4.68. The van der Waals surface area contributed by atoms with Crippen LogP contribution in [0, 0.1) is 10.1 Å². The number of rotatable bonds is 4. The number of hydrogen-bond acceptors (Lipinski definition) is 5. The van der Waals surface area contributed by atoms with Gasteiger partial charge >= 0.3 is 0 Å². The summed E-state index contributed by atoms with van der Waals surface area (Å²) in [6, 6.07) is 8.18. The van der Waals surface area contributed by atoms with Gasteiger partial charge in [-0.1, -0.05) is 11.6 Å². The molecule has 0 atom stereocenters. The summed E-state index contributed by atoms with van der Waals surface area (Å²) in [5.41, 5.74) is 4.25. The van der Waals surface area contributed by atoms with Crippen molar-refractivity contribution in [2.24, 2.45) is 0 Å². The van der Waals surface area contributed by atoms with Crippen molar-refractivity contribution in [3.63, 3.8) is 0 Å². The van der Waals surface area contributed by atoms with Crippen LogP contribution in [0.4, 0.5) is 5.69 Å². The number of amides is 2. The molecule has 0 heterocycles. The first-order chi connectivity index (χ1) is 11.8. The second kappa shape index (κ2) is 7.95. The predicted molar refractivity (Wildman–Crippen MR) is 93.7 cm³/mol. The van der Waals surface area contributed by atoms with Crippen molar-refractivity contribution in [1.29, 1.82) is 0 Å². The highest BCUT2D eigenvalue weighted by atomic mass is 79.9. The van der Waals surface area contributed by atoms with Crippen molar-refractivity contribution in [3.8, 4) is 5.75 Å². The van der Waals surface area contributed by atoms with Crippen LogP contribution in [0.3, 0.4) is 0 Å². The molecule has 0 saturated carbocycles. The van der Waals surface area contributed by atoms with Crippen molar-refractivity contribution in [2.75, 3.05) is 7.11 Å². The average Bonchev–Trinajstić information content (AvgIpc) is 2.59. The lowest BCUT2D eigenvalue weighted by molar-refractivity contribution is -0.384. The Kier molecular flexibility index (Phi) is 5.94. The van der Waals surface area contributed by atoms with Crippen LogP contribution in [-0.2, 0) is 0 Å². The van der Waals surface area contributed by atoms with Gasteiger partial charge in [0.25, 0.3) is 17.5 Å². The molecule has 0 aliphatic heterocycles. The van der Waals surface area contributed by atoms with E-state index in [-0.39, 0.29) is 16.1 Å². The highest BCUT2D eigenvalue weighted by Crippen LogP contribution is 2.26. The van der Waals surface area contributed by atoms with Crippen molar-refractivity contribution < 1.29 is 19.2 Å². The summed E-state index contributed by atoms with van der Waals surface area (Å²) in [5, 5.41) is 10.7. The zero-order valence-electron chi connectivity index (χ0n) is 12.7. The number of nitrogens with zero attached hydrogens (tertiary/aromatic N) is 1. The van der Waals surface area contributed by atoms with E-state index in [4.69, 9.17) is 16.3 Å². The quantitative estimate of drug-likeness (QED) is 0.574. The van der Waals surface area contributed by atoms with E-state index in [9.17, 15) is 19.7 Å². The minimum Gasteiger partial charge on any atom is -0.496 e. The van der Waals surface area contributed by atoms with Crippen LogP contribution in [0.2, 0.25) is 5.02 Å². The Morgan fingerprint density at radius 3 is 2.20 bits per heavy atom. The van der Waals surface area contributed by atoms with E-state index in [1.807, 2.05) is 0 Å². The Balaban J connectivity index is 2.07. The summed E-state index contributed by atoms with van der Waals surface area (Å²) in [6.07, 6.45) is 0. The highest BCUT2D eigenvalue weighted by molar-refractivity contribution is 9.10. The van der Waals surface area contributed by atoms with Gasteiger partial charge in [0.15, 0.2) is 0 Å². The van der Waals surface area contributed by atoms with Gasteiger partial charge < -0.3 is 4.74 Å². The molecule has 0 radical (unpaired) electrons. The third-order valence-electron chi connectivity index (χ3n) is 3.11. The molecule has 2 aromatic rings. The fourth-order valence-corrected chi connectivity index (χ4v) is 2.59. The normalized spacial score (nSPS) is 10.0. The number of carbonyl (C=O) groups is 2. The van der Waals surface area contributed by atoms with Gasteiger partial charge in [-0.05, 0) is 46.3 Å².